The van der Waals surface area contributed by atoms with Gasteiger partial charge in [0.2, 0.25) is 5.91 Å². The number of carbonyl (C=O) groups excluding carboxylic acids is 2. The molecule has 1 N–H and O–H groups in total. The lowest BCUT2D eigenvalue weighted by atomic mass is 10.1. The van der Waals surface area contributed by atoms with Crippen molar-refractivity contribution in [3.63, 3.8) is 0 Å². The van der Waals surface area contributed by atoms with Gasteiger partial charge in [-0.25, -0.2) is 0 Å². The molecule has 0 radical (unpaired) electrons. The van der Waals surface area contributed by atoms with E-state index in [0.717, 1.165) is 9.13 Å². The van der Waals surface area contributed by atoms with E-state index in [9.17, 15) is 9.59 Å². The fourth-order valence-electron chi connectivity index (χ4n) is 3.96. The molecule has 3 aromatic carbocycles. The largest absolute Gasteiger partial charge is 0.493 e. The van der Waals surface area contributed by atoms with Crippen molar-refractivity contribution < 1.29 is 19.1 Å². The Morgan fingerprint density at radius 1 is 1.06 bits per heavy atom. The van der Waals surface area contributed by atoms with Crippen LogP contribution in [0.1, 0.15) is 12.0 Å². The monoisotopic (exact) mass is 635 g/mol. The number of benzene rings is 3. The van der Waals surface area contributed by atoms with Crippen LogP contribution < -0.4 is 19.7 Å². The number of rotatable bonds is 8. The topological polar surface area (TPSA) is 71.1 Å². The van der Waals surface area contributed by atoms with Crippen LogP contribution in [0.15, 0.2) is 66.7 Å². The van der Waals surface area contributed by atoms with Crippen LogP contribution in [-0.4, -0.2) is 42.1 Å². The summed E-state index contributed by atoms with van der Waals surface area (Å²) in [6.07, 6.45) is -0.0741. The molecule has 36 heavy (non-hydrogen) atoms. The highest BCUT2D eigenvalue weighted by atomic mass is 127. The Hall–Kier alpha value is -2.89. The molecular weight excluding hydrogens is 613 g/mol. The van der Waals surface area contributed by atoms with Gasteiger partial charge in [0, 0.05) is 20.8 Å². The van der Waals surface area contributed by atoms with Crippen molar-refractivity contribution in [2.45, 2.75) is 19.0 Å². The zero-order chi connectivity index (χ0) is 25.8. The second-order valence-corrected chi connectivity index (χ2v) is 10.1. The van der Waals surface area contributed by atoms with Gasteiger partial charge in [-0.05, 0) is 95.0 Å². The van der Waals surface area contributed by atoms with Crippen LogP contribution in [0.25, 0.3) is 0 Å². The summed E-state index contributed by atoms with van der Waals surface area (Å²) in [5, 5.41) is 3.65. The van der Waals surface area contributed by atoms with E-state index < -0.39 is 6.04 Å². The Balaban J connectivity index is 1.63. The second kappa shape index (κ2) is 11.4. The molecule has 1 aliphatic heterocycles. The Kier molecular flexibility index (Phi) is 8.32. The highest BCUT2D eigenvalue weighted by Crippen LogP contribution is 2.32. The number of nitrogens with one attached hydrogen (secondary N) is 1. The van der Waals surface area contributed by atoms with Crippen molar-refractivity contribution in [1.82, 2.24) is 4.90 Å². The van der Waals surface area contributed by atoms with E-state index in [4.69, 9.17) is 33.3 Å². The Morgan fingerprint density at radius 3 is 2.44 bits per heavy atom. The number of thiocarbonyl (C=S) groups is 1. The van der Waals surface area contributed by atoms with E-state index in [0.29, 0.717) is 39.6 Å². The molecule has 0 saturated carbocycles. The van der Waals surface area contributed by atoms with Gasteiger partial charge in [-0.3, -0.25) is 14.5 Å². The summed E-state index contributed by atoms with van der Waals surface area (Å²) >= 11 is 14.1. The summed E-state index contributed by atoms with van der Waals surface area (Å²) in [5.74, 6) is 0.574. The van der Waals surface area contributed by atoms with Gasteiger partial charge >= 0.3 is 0 Å². The van der Waals surface area contributed by atoms with Crippen molar-refractivity contribution in [3.05, 3.63) is 80.9 Å². The molecule has 186 valence electrons. The van der Waals surface area contributed by atoms with Gasteiger partial charge < -0.3 is 19.7 Å². The zero-order valence-electron chi connectivity index (χ0n) is 19.5. The third-order valence-electron chi connectivity index (χ3n) is 5.69. The quantitative estimate of drug-likeness (QED) is 0.261. The number of hydrogen-bond donors (Lipinski definition) is 1. The number of nitrogens with zero attached hydrogens (tertiary/aromatic N) is 2. The first kappa shape index (κ1) is 26.2. The standard InChI is InChI=1S/C26H23ClIN3O4S/c1-34-22-11-6-16(12-23(22)35-2)15-30-21(14-24(32)29-19-9-7-18(28)8-10-19)25(33)31(26(30)36)20-5-3-4-17(27)13-20/h3-13,21H,14-15H2,1-2H3,(H,29,32). The van der Waals surface area contributed by atoms with Gasteiger partial charge in [-0.1, -0.05) is 23.7 Å². The summed E-state index contributed by atoms with van der Waals surface area (Å²) in [7, 11) is 3.13. The number of hydrogen-bond acceptors (Lipinski definition) is 5. The van der Waals surface area contributed by atoms with Crippen LogP contribution in [0, 0.1) is 3.57 Å². The molecule has 0 aromatic heterocycles. The van der Waals surface area contributed by atoms with Crippen molar-refractivity contribution in [2.75, 3.05) is 24.4 Å². The van der Waals surface area contributed by atoms with Crippen LogP contribution in [-0.2, 0) is 16.1 Å². The van der Waals surface area contributed by atoms with Crippen LogP contribution in [0.3, 0.4) is 0 Å². The van der Waals surface area contributed by atoms with E-state index in [-0.39, 0.29) is 18.2 Å². The molecular formula is C26H23ClIN3O4S. The smallest absolute Gasteiger partial charge is 0.256 e. The average molecular weight is 636 g/mol. The maximum atomic E-state index is 13.6. The predicted molar refractivity (Wildman–Crippen MR) is 153 cm³/mol. The minimum Gasteiger partial charge on any atom is -0.493 e. The minimum atomic E-state index is -0.798. The van der Waals surface area contributed by atoms with Crippen LogP contribution >= 0.6 is 46.4 Å². The van der Waals surface area contributed by atoms with Gasteiger partial charge in [0.05, 0.1) is 26.3 Å². The van der Waals surface area contributed by atoms with Crippen LogP contribution in [0.4, 0.5) is 11.4 Å². The zero-order valence-corrected chi connectivity index (χ0v) is 23.3. The van der Waals surface area contributed by atoms with Gasteiger partial charge in [0.1, 0.15) is 6.04 Å². The molecule has 7 nitrogen and oxygen atoms in total. The highest BCUT2D eigenvalue weighted by Gasteiger charge is 2.44. The third kappa shape index (κ3) is 5.74. The molecule has 1 aliphatic rings. The first-order valence-corrected chi connectivity index (χ1v) is 12.8. The Morgan fingerprint density at radius 2 is 1.78 bits per heavy atom. The molecule has 1 fully saturated rings. The number of halogens is 2. The van der Waals surface area contributed by atoms with E-state index >= 15 is 0 Å². The van der Waals surface area contributed by atoms with E-state index in [1.165, 1.54) is 4.90 Å². The first-order chi connectivity index (χ1) is 17.3. The van der Waals surface area contributed by atoms with Crippen molar-refractivity contribution in [3.8, 4) is 11.5 Å². The molecule has 0 bridgehead atoms. The van der Waals surface area contributed by atoms with Crippen LogP contribution in [0.5, 0.6) is 11.5 Å². The van der Waals surface area contributed by atoms with Crippen LogP contribution in [0.2, 0.25) is 5.02 Å². The summed E-state index contributed by atoms with van der Waals surface area (Å²) in [6.45, 7) is 0.295. The lowest BCUT2D eigenvalue weighted by molar-refractivity contribution is -0.124. The molecule has 0 spiro atoms. The number of amides is 2. The molecule has 4 rings (SSSR count). The Labute approximate surface area is 233 Å². The normalized spacial score (nSPS) is 15.3. The van der Waals surface area contributed by atoms with E-state index in [1.807, 2.05) is 36.4 Å². The van der Waals surface area contributed by atoms with Gasteiger partial charge in [-0.15, -0.1) is 0 Å². The van der Waals surface area contributed by atoms with Crippen molar-refractivity contribution >= 4 is 74.7 Å². The number of anilines is 2. The second-order valence-electron chi connectivity index (χ2n) is 8.03. The maximum absolute atomic E-state index is 13.6. The van der Waals surface area contributed by atoms with E-state index in [2.05, 4.69) is 27.9 Å². The predicted octanol–water partition coefficient (Wildman–Crippen LogP) is 5.49. The number of ether oxygens (including phenoxy) is 2. The fraction of sp³-hybridized carbons (Fsp3) is 0.192. The summed E-state index contributed by atoms with van der Waals surface area (Å²) in [4.78, 5) is 29.8. The SMILES string of the molecule is COc1ccc(CN2C(=S)N(c3cccc(Cl)c3)C(=O)C2CC(=O)Nc2ccc(I)cc2)cc1OC. The Bertz CT molecular complexity index is 1300. The average Bonchev–Trinajstić information content (AvgIpc) is 3.09. The summed E-state index contributed by atoms with van der Waals surface area (Å²) in [5.41, 5.74) is 2.06. The summed E-state index contributed by atoms with van der Waals surface area (Å²) in [6, 6.07) is 19.1. The fourth-order valence-corrected chi connectivity index (χ4v) is 4.89. The lowest BCUT2D eigenvalue weighted by Crippen LogP contribution is -2.37. The molecule has 2 amide bonds. The number of carbonyl (C=O) groups is 2. The molecule has 10 heteroatoms. The molecule has 1 unspecified atom stereocenters. The first-order valence-electron chi connectivity index (χ1n) is 11.0. The number of methoxy groups -OCH3 is 2. The highest BCUT2D eigenvalue weighted by molar-refractivity contribution is 14.1. The maximum Gasteiger partial charge on any atom is 0.256 e. The van der Waals surface area contributed by atoms with Gasteiger partial charge in [0.15, 0.2) is 16.6 Å². The lowest BCUT2D eigenvalue weighted by Gasteiger charge is -2.24. The van der Waals surface area contributed by atoms with Crippen molar-refractivity contribution in [1.29, 1.82) is 0 Å². The molecule has 1 heterocycles. The summed E-state index contributed by atoms with van der Waals surface area (Å²) < 4.78 is 11.8. The minimum absolute atomic E-state index is 0.0741. The van der Waals surface area contributed by atoms with E-state index in [1.54, 1.807) is 49.5 Å². The van der Waals surface area contributed by atoms with Gasteiger partial charge in [0.25, 0.3) is 5.91 Å². The molecule has 1 atom stereocenters. The molecule has 3 aromatic rings. The molecule has 0 aliphatic carbocycles. The van der Waals surface area contributed by atoms with Crippen molar-refractivity contribution in [2.24, 2.45) is 0 Å². The van der Waals surface area contributed by atoms with Gasteiger partial charge in [-0.2, -0.15) is 0 Å². The third-order valence-corrected chi connectivity index (χ3v) is 7.06. The molecule has 1 saturated heterocycles.